The van der Waals surface area contributed by atoms with Crippen molar-refractivity contribution in [1.82, 2.24) is 20.2 Å². The fraction of sp³-hybridized carbons (Fsp3) is 0.643. The first-order valence-electron chi connectivity index (χ1n) is 6.94. The summed E-state index contributed by atoms with van der Waals surface area (Å²) in [6.45, 7) is 8.00. The molecule has 19 heavy (non-hydrogen) atoms. The third-order valence-electron chi connectivity index (χ3n) is 3.61. The number of hydrogen-bond donors (Lipinski definition) is 1. The normalized spacial score (nSPS) is 20.2. The molecule has 104 valence electrons. The van der Waals surface area contributed by atoms with Crippen LogP contribution >= 0.6 is 0 Å². The molecule has 2 heterocycles. The maximum absolute atomic E-state index is 12.0. The number of nitrogens with one attached hydrogen (secondary N) is 1. The number of piperidine rings is 1. The summed E-state index contributed by atoms with van der Waals surface area (Å²) < 4.78 is 0. The molecule has 1 saturated heterocycles. The smallest absolute Gasteiger partial charge is 0.254 e. The van der Waals surface area contributed by atoms with E-state index >= 15 is 0 Å². The molecule has 0 bridgehead atoms. The first-order chi connectivity index (χ1) is 9.16. The zero-order chi connectivity index (χ0) is 13.7. The maximum Gasteiger partial charge on any atom is 0.254 e. The van der Waals surface area contributed by atoms with E-state index < -0.39 is 0 Å². The minimum atomic E-state index is -0.0804. The van der Waals surface area contributed by atoms with Crippen LogP contribution in [-0.4, -0.2) is 47.0 Å². The molecule has 5 nitrogen and oxygen atoms in total. The number of hydrogen-bond acceptors (Lipinski definition) is 4. The van der Waals surface area contributed by atoms with Crippen LogP contribution in [-0.2, 0) is 0 Å². The van der Waals surface area contributed by atoms with Crippen molar-refractivity contribution in [2.24, 2.45) is 5.92 Å². The SMILES string of the molecule is Cc1ncncc1C(=O)NCCN1CCC[C@@H](C)C1. The van der Waals surface area contributed by atoms with E-state index in [-0.39, 0.29) is 5.91 Å². The molecule has 1 atom stereocenters. The molecule has 5 heteroatoms. The number of likely N-dealkylation sites (tertiary alicyclic amines) is 1. The van der Waals surface area contributed by atoms with E-state index in [1.54, 1.807) is 6.20 Å². The van der Waals surface area contributed by atoms with E-state index in [9.17, 15) is 4.79 Å². The second kappa shape index (κ2) is 6.61. The molecule has 1 aromatic heterocycles. The van der Waals surface area contributed by atoms with E-state index in [4.69, 9.17) is 0 Å². The summed E-state index contributed by atoms with van der Waals surface area (Å²) >= 11 is 0. The van der Waals surface area contributed by atoms with E-state index in [0.29, 0.717) is 12.1 Å². The molecule has 1 N–H and O–H groups in total. The van der Waals surface area contributed by atoms with Crippen molar-refractivity contribution in [3.63, 3.8) is 0 Å². The third-order valence-corrected chi connectivity index (χ3v) is 3.61. The Balaban J connectivity index is 1.76. The van der Waals surface area contributed by atoms with E-state index in [0.717, 1.165) is 31.2 Å². The Morgan fingerprint density at radius 2 is 2.42 bits per heavy atom. The first kappa shape index (κ1) is 13.9. The first-order valence-corrected chi connectivity index (χ1v) is 6.94. The van der Waals surface area contributed by atoms with Gasteiger partial charge in [0.25, 0.3) is 5.91 Å². The van der Waals surface area contributed by atoms with Crippen molar-refractivity contribution in [2.45, 2.75) is 26.7 Å². The van der Waals surface area contributed by atoms with Crippen LogP contribution in [0.15, 0.2) is 12.5 Å². The molecule has 1 aliphatic heterocycles. The number of nitrogens with zero attached hydrogens (tertiary/aromatic N) is 3. The summed E-state index contributed by atoms with van der Waals surface area (Å²) in [4.78, 5) is 22.3. The Morgan fingerprint density at radius 3 is 3.16 bits per heavy atom. The van der Waals surface area contributed by atoms with E-state index in [1.165, 1.54) is 19.2 Å². The number of amides is 1. The van der Waals surface area contributed by atoms with Gasteiger partial charge in [0.15, 0.2) is 0 Å². The number of carbonyl (C=O) groups is 1. The molecule has 2 rings (SSSR count). The summed E-state index contributed by atoms with van der Waals surface area (Å²) in [7, 11) is 0. The van der Waals surface area contributed by atoms with Gasteiger partial charge in [0.05, 0.1) is 11.3 Å². The van der Waals surface area contributed by atoms with Gasteiger partial charge in [-0.3, -0.25) is 4.79 Å². The zero-order valence-electron chi connectivity index (χ0n) is 11.7. The predicted octanol–water partition coefficient (Wildman–Crippen LogP) is 1.25. The van der Waals surface area contributed by atoms with E-state index in [2.05, 4.69) is 27.1 Å². The van der Waals surface area contributed by atoms with Crippen LogP contribution in [0.2, 0.25) is 0 Å². The van der Waals surface area contributed by atoms with Gasteiger partial charge >= 0.3 is 0 Å². The summed E-state index contributed by atoms with van der Waals surface area (Å²) in [5, 5.41) is 2.94. The van der Waals surface area contributed by atoms with Gasteiger partial charge in [-0.05, 0) is 32.2 Å². The Bertz CT molecular complexity index is 435. The highest BCUT2D eigenvalue weighted by Gasteiger charge is 2.16. The lowest BCUT2D eigenvalue weighted by Crippen LogP contribution is -2.40. The average molecular weight is 262 g/mol. The van der Waals surface area contributed by atoms with Gasteiger partial charge in [-0.2, -0.15) is 0 Å². The number of aromatic nitrogens is 2. The van der Waals surface area contributed by atoms with Crippen LogP contribution in [0.1, 0.15) is 35.8 Å². The van der Waals surface area contributed by atoms with Gasteiger partial charge in [0, 0.05) is 25.8 Å². The highest BCUT2D eigenvalue weighted by molar-refractivity contribution is 5.94. The van der Waals surface area contributed by atoms with Gasteiger partial charge in [-0.15, -0.1) is 0 Å². The second-order valence-electron chi connectivity index (χ2n) is 5.33. The molecule has 0 saturated carbocycles. The predicted molar refractivity (Wildman–Crippen MR) is 73.9 cm³/mol. The van der Waals surface area contributed by atoms with Crippen LogP contribution in [0.25, 0.3) is 0 Å². The fourth-order valence-electron chi connectivity index (χ4n) is 2.53. The molecule has 0 aliphatic carbocycles. The molecule has 1 amide bonds. The van der Waals surface area contributed by atoms with Gasteiger partial charge in [-0.1, -0.05) is 6.92 Å². The van der Waals surface area contributed by atoms with Crippen LogP contribution in [0.3, 0.4) is 0 Å². The molecule has 0 unspecified atom stereocenters. The Kier molecular flexibility index (Phi) is 4.85. The lowest BCUT2D eigenvalue weighted by molar-refractivity contribution is 0.0942. The van der Waals surface area contributed by atoms with Crippen molar-refractivity contribution >= 4 is 5.91 Å². The minimum Gasteiger partial charge on any atom is -0.351 e. The van der Waals surface area contributed by atoms with Crippen molar-refractivity contribution < 1.29 is 4.79 Å². The Labute approximate surface area is 114 Å². The van der Waals surface area contributed by atoms with Crippen molar-refractivity contribution in [2.75, 3.05) is 26.2 Å². The third kappa shape index (κ3) is 3.99. The lowest BCUT2D eigenvalue weighted by Gasteiger charge is -2.30. The highest BCUT2D eigenvalue weighted by atomic mass is 16.1. The molecule has 1 aromatic rings. The van der Waals surface area contributed by atoms with Crippen molar-refractivity contribution in [3.05, 3.63) is 23.8 Å². The molecular formula is C14H22N4O. The van der Waals surface area contributed by atoms with Crippen LogP contribution in [0.4, 0.5) is 0 Å². The van der Waals surface area contributed by atoms with Crippen molar-refractivity contribution in [3.8, 4) is 0 Å². The number of aryl methyl sites for hydroxylation is 1. The van der Waals surface area contributed by atoms with Crippen LogP contribution < -0.4 is 5.32 Å². The summed E-state index contributed by atoms with van der Waals surface area (Å²) in [5.41, 5.74) is 1.29. The van der Waals surface area contributed by atoms with Crippen LogP contribution in [0, 0.1) is 12.8 Å². The molecule has 0 aromatic carbocycles. The molecule has 0 radical (unpaired) electrons. The molecule has 1 aliphatic rings. The summed E-state index contributed by atoms with van der Waals surface area (Å²) in [6, 6.07) is 0. The maximum atomic E-state index is 12.0. The largest absolute Gasteiger partial charge is 0.351 e. The van der Waals surface area contributed by atoms with E-state index in [1.807, 2.05) is 6.92 Å². The van der Waals surface area contributed by atoms with Gasteiger partial charge in [-0.25, -0.2) is 9.97 Å². The lowest BCUT2D eigenvalue weighted by atomic mass is 10.0. The summed E-state index contributed by atoms with van der Waals surface area (Å²) in [6.07, 6.45) is 5.62. The van der Waals surface area contributed by atoms with Gasteiger partial charge in [0.2, 0.25) is 0 Å². The monoisotopic (exact) mass is 262 g/mol. The van der Waals surface area contributed by atoms with Crippen molar-refractivity contribution in [1.29, 1.82) is 0 Å². The second-order valence-corrected chi connectivity index (χ2v) is 5.33. The molecule has 1 fully saturated rings. The standard InChI is InChI=1S/C14H22N4O/c1-11-4-3-6-18(9-11)7-5-16-14(19)13-8-15-10-17-12(13)2/h8,10-11H,3-7,9H2,1-2H3,(H,16,19)/t11-/m1/s1. The highest BCUT2D eigenvalue weighted by Crippen LogP contribution is 2.14. The topological polar surface area (TPSA) is 58.1 Å². The average Bonchev–Trinajstić information content (AvgIpc) is 2.39. The minimum absolute atomic E-state index is 0.0804. The summed E-state index contributed by atoms with van der Waals surface area (Å²) in [5.74, 6) is 0.692. The molecule has 0 spiro atoms. The number of carbonyl (C=O) groups excluding carboxylic acids is 1. The number of rotatable bonds is 4. The fourth-order valence-corrected chi connectivity index (χ4v) is 2.53. The van der Waals surface area contributed by atoms with Gasteiger partial charge < -0.3 is 10.2 Å². The Morgan fingerprint density at radius 1 is 1.58 bits per heavy atom. The quantitative estimate of drug-likeness (QED) is 0.887. The Hall–Kier alpha value is -1.49. The van der Waals surface area contributed by atoms with Crippen LogP contribution in [0.5, 0.6) is 0 Å². The van der Waals surface area contributed by atoms with Gasteiger partial charge in [0.1, 0.15) is 6.33 Å². The zero-order valence-corrected chi connectivity index (χ0v) is 11.7. The molecular weight excluding hydrogens is 240 g/mol.